The smallest absolute Gasteiger partial charge is 0.308 e. The van der Waals surface area contributed by atoms with Crippen LogP contribution in [-0.2, 0) is 9.53 Å². The zero-order valence-electron chi connectivity index (χ0n) is 9.17. The van der Waals surface area contributed by atoms with Crippen LogP contribution in [0.5, 0.6) is 0 Å². The summed E-state index contributed by atoms with van der Waals surface area (Å²) in [4.78, 5) is 13.3. The zero-order valence-corrected chi connectivity index (χ0v) is 9.17. The van der Waals surface area contributed by atoms with Gasteiger partial charge in [0.1, 0.15) is 6.61 Å². The quantitative estimate of drug-likeness (QED) is 0.591. The Balaban J connectivity index is 3.49. The highest BCUT2D eigenvalue weighted by atomic mass is 16.5. The molecule has 78 valence electrons. The molecule has 3 heteroatoms. The van der Waals surface area contributed by atoms with Gasteiger partial charge in [0.2, 0.25) is 0 Å². The first kappa shape index (κ1) is 12.4. The Morgan fingerprint density at radius 1 is 1.31 bits per heavy atom. The molecule has 0 aromatic heterocycles. The molecule has 3 nitrogen and oxygen atoms in total. The minimum Gasteiger partial charge on any atom is -0.464 e. The minimum atomic E-state index is -0.104. The zero-order chi connectivity index (χ0) is 10.3. The van der Waals surface area contributed by atoms with Gasteiger partial charge in [0.15, 0.2) is 0 Å². The maximum absolute atomic E-state index is 11.1. The molecular formula is C10H21NO2. The van der Waals surface area contributed by atoms with E-state index >= 15 is 0 Å². The average Bonchev–Trinajstić information content (AvgIpc) is 2.12. The predicted octanol–water partition coefficient (Wildman–Crippen LogP) is 1.53. The van der Waals surface area contributed by atoms with E-state index in [0.717, 1.165) is 19.6 Å². The van der Waals surface area contributed by atoms with Crippen LogP contribution in [0.4, 0.5) is 0 Å². The number of nitrogens with zero attached hydrogens (tertiary/aromatic N) is 1. The first-order chi connectivity index (χ1) is 6.11. The summed E-state index contributed by atoms with van der Waals surface area (Å²) in [6.45, 7) is 11.3. The van der Waals surface area contributed by atoms with Gasteiger partial charge in [-0.05, 0) is 13.1 Å². The second-order valence-electron chi connectivity index (χ2n) is 3.35. The van der Waals surface area contributed by atoms with Crippen molar-refractivity contribution >= 4 is 5.97 Å². The van der Waals surface area contributed by atoms with Crippen LogP contribution < -0.4 is 0 Å². The van der Waals surface area contributed by atoms with Crippen LogP contribution in [-0.4, -0.2) is 37.1 Å². The Morgan fingerprint density at radius 3 is 2.23 bits per heavy atom. The van der Waals surface area contributed by atoms with Gasteiger partial charge in [0.25, 0.3) is 0 Å². The molecule has 0 radical (unpaired) electrons. The highest BCUT2D eigenvalue weighted by Gasteiger charge is 2.08. The van der Waals surface area contributed by atoms with Crippen molar-refractivity contribution in [2.75, 3.05) is 26.2 Å². The van der Waals surface area contributed by atoms with E-state index in [9.17, 15) is 4.79 Å². The molecule has 0 amide bonds. The van der Waals surface area contributed by atoms with Crippen molar-refractivity contribution in [1.82, 2.24) is 4.90 Å². The molecule has 0 rings (SSSR count). The Morgan fingerprint density at radius 2 is 1.85 bits per heavy atom. The van der Waals surface area contributed by atoms with Gasteiger partial charge in [-0.1, -0.05) is 27.7 Å². The van der Waals surface area contributed by atoms with Crippen LogP contribution in [0.1, 0.15) is 27.7 Å². The summed E-state index contributed by atoms with van der Waals surface area (Å²) < 4.78 is 5.06. The number of carbonyl (C=O) groups excluding carboxylic acids is 1. The largest absolute Gasteiger partial charge is 0.464 e. The third kappa shape index (κ3) is 5.64. The molecule has 0 aromatic rings. The Bertz CT molecular complexity index is 142. The van der Waals surface area contributed by atoms with Crippen LogP contribution >= 0.6 is 0 Å². The maximum Gasteiger partial charge on any atom is 0.308 e. The molecule has 0 bridgehead atoms. The molecule has 0 heterocycles. The molecule has 13 heavy (non-hydrogen) atoms. The minimum absolute atomic E-state index is 0.0169. The fourth-order valence-electron chi connectivity index (χ4n) is 0.982. The lowest BCUT2D eigenvalue weighted by Crippen LogP contribution is -2.28. The summed E-state index contributed by atoms with van der Waals surface area (Å²) in [7, 11) is 0. The molecule has 0 aromatic carbocycles. The van der Waals surface area contributed by atoms with E-state index in [1.165, 1.54) is 0 Å². The number of hydrogen-bond acceptors (Lipinski definition) is 3. The summed E-state index contributed by atoms with van der Waals surface area (Å²) in [5, 5.41) is 0. The highest BCUT2D eigenvalue weighted by molar-refractivity contribution is 5.71. The molecule has 0 aliphatic heterocycles. The van der Waals surface area contributed by atoms with E-state index in [2.05, 4.69) is 18.7 Å². The summed E-state index contributed by atoms with van der Waals surface area (Å²) in [6.07, 6.45) is 0. The molecule has 0 aliphatic rings. The summed E-state index contributed by atoms with van der Waals surface area (Å²) in [5.74, 6) is -0.121. The van der Waals surface area contributed by atoms with Gasteiger partial charge in [-0.15, -0.1) is 0 Å². The molecule has 0 saturated carbocycles. The van der Waals surface area contributed by atoms with Crippen LogP contribution in [0.25, 0.3) is 0 Å². The normalized spacial score (nSPS) is 10.9. The molecule has 0 unspecified atom stereocenters. The third-order valence-corrected chi connectivity index (χ3v) is 2.02. The van der Waals surface area contributed by atoms with E-state index in [0.29, 0.717) is 6.61 Å². The third-order valence-electron chi connectivity index (χ3n) is 2.02. The molecular weight excluding hydrogens is 166 g/mol. The van der Waals surface area contributed by atoms with Crippen molar-refractivity contribution in [3.05, 3.63) is 0 Å². The second kappa shape index (κ2) is 6.89. The topological polar surface area (TPSA) is 29.5 Å². The molecule has 0 saturated heterocycles. The molecule has 0 aliphatic carbocycles. The monoisotopic (exact) mass is 187 g/mol. The van der Waals surface area contributed by atoms with Crippen molar-refractivity contribution in [3.63, 3.8) is 0 Å². The first-order valence-electron chi connectivity index (χ1n) is 5.00. The van der Waals surface area contributed by atoms with Gasteiger partial charge in [-0.3, -0.25) is 4.79 Å². The molecule has 0 N–H and O–H groups in total. The fraction of sp³-hybridized carbons (Fsp3) is 0.900. The van der Waals surface area contributed by atoms with Gasteiger partial charge in [-0.2, -0.15) is 0 Å². The van der Waals surface area contributed by atoms with Gasteiger partial charge in [-0.25, -0.2) is 0 Å². The lowest BCUT2D eigenvalue weighted by Gasteiger charge is -2.17. The summed E-state index contributed by atoms with van der Waals surface area (Å²) in [5.41, 5.74) is 0. The lowest BCUT2D eigenvalue weighted by molar-refractivity contribution is -0.147. The standard InChI is InChI=1S/C10H21NO2/c1-5-11(6-2)7-8-13-10(12)9(3)4/h9H,5-8H2,1-4H3. The number of likely N-dealkylation sites (N-methyl/N-ethyl adjacent to an activating group) is 1. The number of carbonyl (C=O) groups is 1. The number of rotatable bonds is 6. The second-order valence-corrected chi connectivity index (χ2v) is 3.35. The van der Waals surface area contributed by atoms with Crippen molar-refractivity contribution in [2.45, 2.75) is 27.7 Å². The van der Waals surface area contributed by atoms with Crippen molar-refractivity contribution in [2.24, 2.45) is 5.92 Å². The Labute approximate surface area is 81.1 Å². The van der Waals surface area contributed by atoms with Crippen molar-refractivity contribution in [3.8, 4) is 0 Å². The van der Waals surface area contributed by atoms with Crippen LogP contribution in [0.3, 0.4) is 0 Å². The van der Waals surface area contributed by atoms with Crippen LogP contribution in [0.2, 0.25) is 0 Å². The average molecular weight is 187 g/mol. The number of ether oxygens (including phenoxy) is 1. The maximum atomic E-state index is 11.1. The molecule has 0 fully saturated rings. The van der Waals surface area contributed by atoms with Gasteiger partial charge in [0.05, 0.1) is 5.92 Å². The predicted molar refractivity (Wildman–Crippen MR) is 53.6 cm³/mol. The fourth-order valence-corrected chi connectivity index (χ4v) is 0.982. The van der Waals surface area contributed by atoms with Gasteiger partial charge in [0, 0.05) is 6.54 Å². The summed E-state index contributed by atoms with van der Waals surface area (Å²) >= 11 is 0. The summed E-state index contributed by atoms with van der Waals surface area (Å²) in [6, 6.07) is 0. The highest BCUT2D eigenvalue weighted by Crippen LogP contribution is 1.96. The van der Waals surface area contributed by atoms with E-state index in [-0.39, 0.29) is 11.9 Å². The van der Waals surface area contributed by atoms with Crippen molar-refractivity contribution in [1.29, 1.82) is 0 Å². The number of esters is 1. The van der Waals surface area contributed by atoms with E-state index in [1.807, 2.05) is 13.8 Å². The lowest BCUT2D eigenvalue weighted by atomic mass is 10.2. The van der Waals surface area contributed by atoms with Crippen LogP contribution in [0, 0.1) is 5.92 Å². The Hall–Kier alpha value is -0.570. The van der Waals surface area contributed by atoms with Gasteiger partial charge >= 0.3 is 5.97 Å². The number of hydrogen-bond donors (Lipinski definition) is 0. The Kier molecular flexibility index (Phi) is 6.59. The van der Waals surface area contributed by atoms with E-state index in [4.69, 9.17) is 4.74 Å². The van der Waals surface area contributed by atoms with E-state index < -0.39 is 0 Å². The SMILES string of the molecule is CCN(CC)CCOC(=O)C(C)C. The van der Waals surface area contributed by atoms with Crippen molar-refractivity contribution < 1.29 is 9.53 Å². The first-order valence-corrected chi connectivity index (χ1v) is 5.00. The van der Waals surface area contributed by atoms with Crippen LogP contribution in [0.15, 0.2) is 0 Å². The van der Waals surface area contributed by atoms with Gasteiger partial charge < -0.3 is 9.64 Å². The molecule has 0 atom stereocenters. The van der Waals surface area contributed by atoms with E-state index in [1.54, 1.807) is 0 Å². The molecule has 0 spiro atoms.